The highest BCUT2D eigenvalue weighted by molar-refractivity contribution is 6.41. The molecule has 0 aliphatic carbocycles. The average molecular weight is 235 g/mol. The SMILES string of the molecule is Clc1nc2ncnc(Cl)c2nc1Cl. The molecular formula is C6HCl3N4. The first-order valence-electron chi connectivity index (χ1n) is 3.17. The van der Waals surface area contributed by atoms with Crippen LogP contribution in [0.3, 0.4) is 0 Å². The summed E-state index contributed by atoms with van der Waals surface area (Å²) in [5.74, 6) is 0. The summed E-state index contributed by atoms with van der Waals surface area (Å²) in [6.07, 6.45) is 1.28. The molecule has 2 heterocycles. The van der Waals surface area contributed by atoms with Crippen LogP contribution in [-0.4, -0.2) is 19.9 Å². The van der Waals surface area contributed by atoms with Gasteiger partial charge >= 0.3 is 0 Å². The van der Waals surface area contributed by atoms with E-state index >= 15 is 0 Å². The van der Waals surface area contributed by atoms with E-state index < -0.39 is 0 Å². The Balaban J connectivity index is 2.89. The molecule has 0 radical (unpaired) electrons. The molecule has 2 rings (SSSR count). The van der Waals surface area contributed by atoms with Gasteiger partial charge in [-0.05, 0) is 0 Å². The van der Waals surface area contributed by atoms with Gasteiger partial charge in [0.05, 0.1) is 0 Å². The molecule has 0 atom stereocenters. The van der Waals surface area contributed by atoms with Crippen molar-refractivity contribution in [2.24, 2.45) is 0 Å². The number of rotatable bonds is 0. The maximum Gasteiger partial charge on any atom is 0.184 e. The van der Waals surface area contributed by atoms with Crippen molar-refractivity contribution >= 4 is 46.0 Å². The molecule has 2 aromatic heterocycles. The number of aromatic nitrogens is 4. The summed E-state index contributed by atoms with van der Waals surface area (Å²) < 4.78 is 0. The molecule has 0 spiro atoms. The van der Waals surface area contributed by atoms with E-state index in [2.05, 4.69) is 19.9 Å². The van der Waals surface area contributed by atoms with Gasteiger partial charge in [-0.25, -0.2) is 19.9 Å². The highest BCUT2D eigenvalue weighted by Crippen LogP contribution is 2.22. The second-order valence-electron chi connectivity index (χ2n) is 2.14. The van der Waals surface area contributed by atoms with Crippen LogP contribution in [0.4, 0.5) is 0 Å². The number of halogens is 3. The lowest BCUT2D eigenvalue weighted by Crippen LogP contribution is -1.92. The summed E-state index contributed by atoms with van der Waals surface area (Å²) in [6.45, 7) is 0. The molecule has 0 saturated carbocycles. The predicted molar refractivity (Wildman–Crippen MR) is 50.2 cm³/mol. The summed E-state index contributed by atoms with van der Waals surface area (Å²) in [6, 6.07) is 0. The van der Waals surface area contributed by atoms with Crippen molar-refractivity contribution in [2.75, 3.05) is 0 Å². The third-order valence-corrected chi connectivity index (χ3v) is 2.24. The fourth-order valence-electron chi connectivity index (χ4n) is 0.810. The largest absolute Gasteiger partial charge is 0.226 e. The zero-order chi connectivity index (χ0) is 9.42. The van der Waals surface area contributed by atoms with E-state index in [4.69, 9.17) is 34.8 Å². The Morgan fingerprint density at radius 1 is 0.846 bits per heavy atom. The number of hydrogen-bond acceptors (Lipinski definition) is 4. The van der Waals surface area contributed by atoms with Crippen LogP contribution < -0.4 is 0 Å². The normalized spacial score (nSPS) is 10.7. The lowest BCUT2D eigenvalue weighted by Gasteiger charge is -1.98. The predicted octanol–water partition coefficient (Wildman–Crippen LogP) is 2.38. The summed E-state index contributed by atoms with van der Waals surface area (Å²) >= 11 is 17.0. The molecule has 0 aliphatic rings. The molecule has 7 heteroatoms. The summed E-state index contributed by atoms with van der Waals surface area (Å²) in [4.78, 5) is 15.3. The Labute approximate surface area is 87.9 Å². The van der Waals surface area contributed by atoms with Crippen molar-refractivity contribution in [1.29, 1.82) is 0 Å². The molecule has 0 bridgehead atoms. The van der Waals surface area contributed by atoms with Crippen LogP contribution in [0.2, 0.25) is 15.5 Å². The first kappa shape index (κ1) is 8.87. The Hall–Kier alpha value is -0.710. The van der Waals surface area contributed by atoms with Crippen LogP contribution >= 0.6 is 34.8 Å². The third-order valence-electron chi connectivity index (χ3n) is 1.34. The molecule has 0 saturated heterocycles. The molecule has 0 unspecified atom stereocenters. The monoisotopic (exact) mass is 234 g/mol. The van der Waals surface area contributed by atoms with E-state index in [1.807, 2.05) is 0 Å². The second-order valence-corrected chi connectivity index (χ2v) is 3.22. The van der Waals surface area contributed by atoms with Crippen molar-refractivity contribution in [3.63, 3.8) is 0 Å². The number of hydrogen-bond donors (Lipinski definition) is 0. The Kier molecular flexibility index (Phi) is 2.19. The van der Waals surface area contributed by atoms with Crippen LogP contribution in [-0.2, 0) is 0 Å². The van der Waals surface area contributed by atoms with Gasteiger partial charge in [0.1, 0.15) is 11.8 Å². The molecule has 66 valence electrons. The first-order chi connectivity index (χ1) is 6.18. The van der Waals surface area contributed by atoms with Gasteiger partial charge in [0.25, 0.3) is 0 Å². The molecule has 13 heavy (non-hydrogen) atoms. The Morgan fingerprint density at radius 2 is 1.54 bits per heavy atom. The zero-order valence-electron chi connectivity index (χ0n) is 6.00. The first-order valence-corrected chi connectivity index (χ1v) is 4.31. The average Bonchev–Trinajstić information content (AvgIpc) is 2.09. The van der Waals surface area contributed by atoms with Crippen LogP contribution in [0.5, 0.6) is 0 Å². The van der Waals surface area contributed by atoms with Gasteiger partial charge in [-0.3, -0.25) is 0 Å². The smallest absolute Gasteiger partial charge is 0.184 e. The molecular weight excluding hydrogens is 234 g/mol. The Bertz CT molecular complexity index is 473. The topological polar surface area (TPSA) is 51.6 Å². The minimum Gasteiger partial charge on any atom is -0.226 e. The second kappa shape index (κ2) is 3.21. The van der Waals surface area contributed by atoms with Gasteiger partial charge in [0, 0.05) is 0 Å². The fourth-order valence-corrected chi connectivity index (χ4v) is 1.23. The molecule has 2 aromatic rings. The van der Waals surface area contributed by atoms with Gasteiger partial charge in [-0.2, -0.15) is 0 Å². The zero-order valence-corrected chi connectivity index (χ0v) is 8.27. The van der Waals surface area contributed by atoms with Crippen molar-refractivity contribution in [3.05, 3.63) is 21.8 Å². The van der Waals surface area contributed by atoms with E-state index in [1.54, 1.807) is 0 Å². The minimum absolute atomic E-state index is 0.0888. The van der Waals surface area contributed by atoms with Crippen molar-refractivity contribution in [3.8, 4) is 0 Å². The molecule has 0 N–H and O–H groups in total. The van der Waals surface area contributed by atoms with Crippen molar-refractivity contribution in [1.82, 2.24) is 19.9 Å². The summed E-state index contributed by atoms with van der Waals surface area (Å²) in [5.41, 5.74) is 0.674. The van der Waals surface area contributed by atoms with Gasteiger partial charge in [0.15, 0.2) is 21.1 Å². The van der Waals surface area contributed by atoms with Crippen molar-refractivity contribution in [2.45, 2.75) is 0 Å². The third kappa shape index (κ3) is 1.52. The fraction of sp³-hybridized carbons (Fsp3) is 0. The maximum absolute atomic E-state index is 5.73. The lowest BCUT2D eigenvalue weighted by atomic mass is 10.5. The molecule has 4 nitrogen and oxygen atoms in total. The van der Waals surface area contributed by atoms with Gasteiger partial charge < -0.3 is 0 Å². The van der Waals surface area contributed by atoms with Crippen molar-refractivity contribution < 1.29 is 0 Å². The van der Waals surface area contributed by atoms with Gasteiger partial charge in [-0.1, -0.05) is 34.8 Å². The van der Waals surface area contributed by atoms with E-state index in [0.717, 1.165) is 0 Å². The standard InChI is InChI=1S/C6HCl3N4/c7-3-2-6(11-1-10-3)13-5(9)4(8)12-2/h1H. The van der Waals surface area contributed by atoms with Crippen LogP contribution in [0.1, 0.15) is 0 Å². The Morgan fingerprint density at radius 3 is 2.31 bits per heavy atom. The van der Waals surface area contributed by atoms with Gasteiger partial charge in [0.2, 0.25) is 0 Å². The number of nitrogens with zero attached hydrogens (tertiary/aromatic N) is 4. The highest BCUT2D eigenvalue weighted by Gasteiger charge is 2.08. The summed E-state index contributed by atoms with van der Waals surface area (Å²) in [7, 11) is 0. The van der Waals surface area contributed by atoms with Crippen LogP contribution in [0.15, 0.2) is 6.33 Å². The van der Waals surface area contributed by atoms with Gasteiger partial charge in [-0.15, -0.1) is 0 Å². The van der Waals surface area contributed by atoms with E-state index in [0.29, 0.717) is 11.2 Å². The molecule has 0 aromatic carbocycles. The number of fused-ring (bicyclic) bond motifs is 1. The maximum atomic E-state index is 5.73. The highest BCUT2D eigenvalue weighted by atomic mass is 35.5. The summed E-state index contributed by atoms with van der Waals surface area (Å²) in [5, 5.41) is 0.394. The minimum atomic E-state index is 0.0888. The lowest BCUT2D eigenvalue weighted by molar-refractivity contribution is 1.15. The molecule has 0 fully saturated rings. The van der Waals surface area contributed by atoms with Crippen LogP contribution in [0, 0.1) is 0 Å². The van der Waals surface area contributed by atoms with E-state index in [1.165, 1.54) is 6.33 Å². The van der Waals surface area contributed by atoms with E-state index in [9.17, 15) is 0 Å². The van der Waals surface area contributed by atoms with Crippen LogP contribution in [0.25, 0.3) is 11.2 Å². The quantitative estimate of drug-likeness (QED) is 0.658. The molecule has 0 aliphatic heterocycles. The molecule has 0 amide bonds. The van der Waals surface area contributed by atoms with E-state index in [-0.39, 0.29) is 15.5 Å².